The topological polar surface area (TPSA) is 51.1 Å². The number of benzene rings is 2. The van der Waals surface area contributed by atoms with Crippen molar-refractivity contribution in [3.05, 3.63) is 58.0 Å². The van der Waals surface area contributed by atoms with Crippen LogP contribution in [0.25, 0.3) is 6.08 Å². The van der Waals surface area contributed by atoms with Crippen molar-refractivity contribution in [2.45, 2.75) is 27.2 Å². The molecule has 0 unspecified atom stereocenters. The van der Waals surface area contributed by atoms with Crippen LogP contribution in [0, 0.1) is 0 Å². The van der Waals surface area contributed by atoms with Crippen molar-refractivity contribution in [2.24, 2.45) is 4.99 Å². The van der Waals surface area contributed by atoms with Gasteiger partial charge in [-0.3, -0.25) is 9.69 Å². The van der Waals surface area contributed by atoms with Gasteiger partial charge in [-0.25, -0.2) is 4.99 Å². The van der Waals surface area contributed by atoms with Crippen molar-refractivity contribution >= 4 is 46.2 Å². The Morgan fingerprint density at radius 1 is 1.07 bits per heavy atom. The molecular weight excluding hydrogens is 420 g/mol. The van der Waals surface area contributed by atoms with Gasteiger partial charge in [0.1, 0.15) is 11.5 Å². The zero-order valence-corrected chi connectivity index (χ0v) is 18.9. The molecule has 0 atom stereocenters. The normalized spacial score (nSPS) is 16.5. The zero-order chi connectivity index (χ0) is 21.5. The standard InChI is InChI=1S/C23H25ClN2O3S/c1-4-13-26-22(27)21(30-23(26)25-18-10-8-17(24)9-11-18)14-16-7-12-19(28-5-2)15-20(16)29-6-3/h7-12,14-15H,4-6,13H2,1-3H3/b21-14-,25-23?. The first-order chi connectivity index (χ1) is 14.5. The van der Waals surface area contributed by atoms with E-state index in [1.165, 1.54) is 11.8 Å². The number of halogens is 1. The predicted molar refractivity (Wildman–Crippen MR) is 125 cm³/mol. The maximum atomic E-state index is 13.1. The summed E-state index contributed by atoms with van der Waals surface area (Å²) in [5.41, 5.74) is 1.59. The number of carbonyl (C=O) groups excluding carboxylic acids is 1. The molecule has 0 radical (unpaired) electrons. The zero-order valence-electron chi connectivity index (χ0n) is 17.4. The van der Waals surface area contributed by atoms with Gasteiger partial charge < -0.3 is 9.47 Å². The van der Waals surface area contributed by atoms with Crippen molar-refractivity contribution in [3.63, 3.8) is 0 Å². The number of thioether (sulfide) groups is 1. The number of carbonyl (C=O) groups is 1. The quantitative estimate of drug-likeness (QED) is 0.458. The molecule has 2 aromatic rings. The molecule has 0 saturated carbocycles. The van der Waals surface area contributed by atoms with E-state index >= 15 is 0 Å². The van der Waals surface area contributed by atoms with Crippen LogP contribution in [-0.4, -0.2) is 35.7 Å². The van der Waals surface area contributed by atoms with Crippen LogP contribution in [0.3, 0.4) is 0 Å². The molecular formula is C23H25ClN2O3S. The van der Waals surface area contributed by atoms with Crippen LogP contribution in [0.4, 0.5) is 5.69 Å². The second kappa shape index (κ2) is 10.5. The van der Waals surface area contributed by atoms with E-state index in [1.807, 2.05) is 57.2 Å². The Morgan fingerprint density at radius 2 is 1.80 bits per heavy atom. The summed E-state index contributed by atoms with van der Waals surface area (Å²) >= 11 is 7.34. The van der Waals surface area contributed by atoms with E-state index in [-0.39, 0.29) is 5.91 Å². The summed E-state index contributed by atoms with van der Waals surface area (Å²) in [5.74, 6) is 1.38. The molecule has 0 bridgehead atoms. The monoisotopic (exact) mass is 444 g/mol. The third kappa shape index (κ3) is 5.37. The van der Waals surface area contributed by atoms with E-state index in [1.54, 1.807) is 17.0 Å². The van der Waals surface area contributed by atoms with Gasteiger partial charge in [-0.05, 0) is 74.5 Å². The maximum Gasteiger partial charge on any atom is 0.266 e. The fourth-order valence-corrected chi connectivity index (χ4v) is 4.09. The molecule has 3 rings (SSSR count). The van der Waals surface area contributed by atoms with Gasteiger partial charge in [0.15, 0.2) is 5.17 Å². The third-order valence-electron chi connectivity index (χ3n) is 4.27. The molecule has 1 saturated heterocycles. The summed E-state index contributed by atoms with van der Waals surface area (Å²) in [7, 11) is 0. The molecule has 0 spiro atoms. The number of rotatable bonds is 8. The van der Waals surface area contributed by atoms with Gasteiger partial charge >= 0.3 is 0 Å². The lowest BCUT2D eigenvalue weighted by Crippen LogP contribution is -2.29. The van der Waals surface area contributed by atoms with Crippen LogP contribution in [-0.2, 0) is 4.79 Å². The Hall–Kier alpha value is -2.44. The van der Waals surface area contributed by atoms with Crippen molar-refractivity contribution in [3.8, 4) is 11.5 Å². The van der Waals surface area contributed by atoms with Crippen LogP contribution in [0.5, 0.6) is 11.5 Å². The summed E-state index contributed by atoms with van der Waals surface area (Å²) in [6.07, 6.45) is 2.70. The SMILES string of the molecule is CCCN1C(=O)/C(=C/c2ccc(OCC)cc2OCC)SC1=Nc1ccc(Cl)cc1. The molecule has 1 amide bonds. The molecule has 2 aromatic carbocycles. The molecule has 7 heteroatoms. The molecule has 1 aliphatic rings. The fraction of sp³-hybridized carbons (Fsp3) is 0.304. The van der Waals surface area contributed by atoms with Gasteiger partial charge in [-0.1, -0.05) is 18.5 Å². The van der Waals surface area contributed by atoms with Crippen molar-refractivity contribution < 1.29 is 14.3 Å². The Labute approximate surface area is 186 Å². The number of amidine groups is 1. The summed E-state index contributed by atoms with van der Waals surface area (Å²) in [6.45, 7) is 7.62. The first kappa shape index (κ1) is 22.2. The van der Waals surface area contributed by atoms with Crippen LogP contribution in [0.15, 0.2) is 52.4 Å². The van der Waals surface area contributed by atoms with E-state index in [0.717, 1.165) is 23.4 Å². The minimum absolute atomic E-state index is 0.0501. The summed E-state index contributed by atoms with van der Waals surface area (Å²) in [6, 6.07) is 12.9. The van der Waals surface area contributed by atoms with Crippen LogP contribution in [0.1, 0.15) is 32.8 Å². The number of ether oxygens (including phenoxy) is 2. The van der Waals surface area contributed by atoms with Crippen molar-refractivity contribution in [1.29, 1.82) is 0 Å². The first-order valence-electron chi connectivity index (χ1n) is 10.0. The second-order valence-electron chi connectivity index (χ2n) is 6.50. The van der Waals surface area contributed by atoms with Crippen LogP contribution in [0.2, 0.25) is 5.02 Å². The third-order valence-corrected chi connectivity index (χ3v) is 5.53. The molecule has 0 aromatic heterocycles. The highest BCUT2D eigenvalue weighted by atomic mass is 35.5. The molecule has 0 aliphatic carbocycles. The second-order valence-corrected chi connectivity index (χ2v) is 7.95. The van der Waals surface area contributed by atoms with Gasteiger partial charge in [-0.2, -0.15) is 0 Å². The van der Waals surface area contributed by atoms with Gasteiger partial charge in [-0.15, -0.1) is 0 Å². The molecule has 1 fully saturated rings. The Bertz CT molecular complexity index is 957. The van der Waals surface area contributed by atoms with E-state index < -0.39 is 0 Å². The molecule has 1 aliphatic heterocycles. The Balaban J connectivity index is 1.95. The summed E-state index contributed by atoms with van der Waals surface area (Å²) in [5, 5.41) is 1.32. The number of hydrogen-bond donors (Lipinski definition) is 0. The van der Waals surface area contributed by atoms with E-state index in [2.05, 4.69) is 4.99 Å². The van der Waals surface area contributed by atoms with Gasteiger partial charge in [0.05, 0.1) is 23.8 Å². The Morgan fingerprint density at radius 3 is 2.47 bits per heavy atom. The number of nitrogens with zero attached hydrogens (tertiary/aromatic N) is 2. The van der Waals surface area contributed by atoms with Crippen molar-refractivity contribution in [2.75, 3.05) is 19.8 Å². The van der Waals surface area contributed by atoms with Crippen LogP contribution < -0.4 is 9.47 Å². The minimum Gasteiger partial charge on any atom is -0.494 e. The highest BCUT2D eigenvalue weighted by Crippen LogP contribution is 2.36. The lowest BCUT2D eigenvalue weighted by atomic mass is 10.1. The Kier molecular flexibility index (Phi) is 7.82. The van der Waals surface area contributed by atoms with Gasteiger partial charge in [0, 0.05) is 23.2 Å². The van der Waals surface area contributed by atoms with Gasteiger partial charge in [0.2, 0.25) is 0 Å². The fourth-order valence-electron chi connectivity index (χ4n) is 2.95. The first-order valence-corrected chi connectivity index (χ1v) is 11.2. The number of aliphatic imine (C=N–C) groups is 1. The predicted octanol–water partition coefficient (Wildman–Crippen LogP) is 6.15. The lowest BCUT2D eigenvalue weighted by Gasteiger charge is -2.14. The highest BCUT2D eigenvalue weighted by molar-refractivity contribution is 8.18. The molecule has 158 valence electrons. The lowest BCUT2D eigenvalue weighted by molar-refractivity contribution is -0.122. The average Bonchev–Trinajstić information content (AvgIpc) is 3.01. The summed E-state index contributed by atoms with van der Waals surface area (Å²) < 4.78 is 11.3. The molecule has 1 heterocycles. The van der Waals surface area contributed by atoms with Crippen molar-refractivity contribution in [1.82, 2.24) is 4.90 Å². The van der Waals surface area contributed by atoms with E-state index in [0.29, 0.717) is 40.6 Å². The minimum atomic E-state index is -0.0501. The van der Waals surface area contributed by atoms with E-state index in [9.17, 15) is 4.79 Å². The van der Waals surface area contributed by atoms with Gasteiger partial charge in [0.25, 0.3) is 5.91 Å². The highest BCUT2D eigenvalue weighted by Gasteiger charge is 2.33. The smallest absolute Gasteiger partial charge is 0.266 e. The number of hydrogen-bond acceptors (Lipinski definition) is 5. The molecule has 30 heavy (non-hydrogen) atoms. The average molecular weight is 445 g/mol. The van der Waals surface area contributed by atoms with Crippen LogP contribution >= 0.6 is 23.4 Å². The molecule has 0 N–H and O–H groups in total. The summed E-state index contributed by atoms with van der Waals surface area (Å²) in [4.78, 5) is 20.1. The largest absolute Gasteiger partial charge is 0.494 e. The van der Waals surface area contributed by atoms with E-state index in [4.69, 9.17) is 21.1 Å². The maximum absolute atomic E-state index is 13.1. The molecule has 5 nitrogen and oxygen atoms in total. The number of amides is 1.